The predicted octanol–water partition coefficient (Wildman–Crippen LogP) is 3.89. The molecule has 2 aromatic rings. The molecule has 0 N–H and O–H groups in total. The summed E-state index contributed by atoms with van der Waals surface area (Å²) in [5.41, 5.74) is 0. The number of hydrogen-bond acceptors (Lipinski definition) is 5. The second-order valence-electron chi connectivity index (χ2n) is 5.17. The van der Waals surface area contributed by atoms with E-state index >= 15 is 0 Å². The van der Waals surface area contributed by atoms with Gasteiger partial charge < -0.3 is 23.7 Å². The van der Waals surface area contributed by atoms with Crippen LogP contribution in [0.1, 0.15) is 13.8 Å². The van der Waals surface area contributed by atoms with E-state index in [4.69, 9.17) is 23.7 Å². The maximum absolute atomic E-state index is 5.79. The maximum Gasteiger partial charge on any atom is 0.223 e. The van der Waals surface area contributed by atoms with Crippen molar-refractivity contribution in [3.63, 3.8) is 0 Å². The smallest absolute Gasteiger partial charge is 0.223 e. The summed E-state index contributed by atoms with van der Waals surface area (Å²) in [6, 6.07) is 19.1. The van der Waals surface area contributed by atoms with E-state index in [2.05, 4.69) is 0 Å². The molecule has 0 spiro atoms. The fraction of sp³-hybridized carbons (Fsp3) is 0.400. The first-order chi connectivity index (χ1) is 12.3. The summed E-state index contributed by atoms with van der Waals surface area (Å²) in [4.78, 5) is 0. The monoisotopic (exact) mass is 346 g/mol. The van der Waals surface area contributed by atoms with E-state index in [-0.39, 0.29) is 13.2 Å². The first kappa shape index (κ1) is 19.2. The lowest BCUT2D eigenvalue weighted by Gasteiger charge is -2.22. The standard InChI is InChI=1S/C20H26O5/c1-3-22-19(24-17-11-7-5-8-12-17)15-21-16-20(23-4-2)25-18-13-9-6-10-14-18/h5-14,19-20H,3-4,15-16H2,1-2H3. The van der Waals surface area contributed by atoms with Crippen LogP contribution in [0.2, 0.25) is 0 Å². The summed E-state index contributed by atoms with van der Waals surface area (Å²) < 4.78 is 28.4. The van der Waals surface area contributed by atoms with Crippen molar-refractivity contribution in [3.8, 4) is 11.5 Å². The van der Waals surface area contributed by atoms with Gasteiger partial charge >= 0.3 is 0 Å². The highest BCUT2D eigenvalue weighted by Gasteiger charge is 2.15. The van der Waals surface area contributed by atoms with Crippen LogP contribution in [0.3, 0.4) is 0 Å². The topological polar surface area (TPSA) is 46.2 Å². The van der Waals surface area contributed by atoms with Crippen LogP contribution in [0.5, 0.6) is 11.5 Å². The van der Waals surface area contributed by atoms with Crippen LogP contribution < -0.4 is 9.47 Å². The highest BCUT2D eigenvalue weighted by Crippen LogP contribution is 2.14. The number of hydrogen-bond donors (Lipinski definition) is 0. The number of para-hydroxylation sites is 2. The van der Waals surface area contributed by atoms with Crippen LogP contribution in [0.4, 0.5) is 0 Å². The Morgan fingerprint density at radius 2 is 1.04 bits per heavy atom. The normalized spacial score (nSPS) is 13.2. The zero-order chi connectivity index (χ0) is 17.7. The second kappa shape index (κ2) is 11.5. The molecule has 2 unspecified atom stereocenters. The lowest BCUT2D eigenvalue weighted by molar-refractivity contribution is -0.157. The minimum absolute atomic E-state index is 0.282. The Hall–Kier alpha value is -2.08. The minimum Gasteiger partial charge on any atom is -0.462 e. The molecule has 136 valence electrons. The van der Waals surface area contributed by atoms with Gasteiger partial charge in [-0.25, -0.2) is 0 Å². The van der Waals surface area contributed by atoms with Crippen molar-refractivity contribution in [2.45, 2.75) is 26.4 Å². The van der Waals surface area contributed by atoms with E-state index in [1.807, 2.05) is 74.5 Å². The molecule has 5 heteroatoms. The lowest BCUT2D eigenvalue weighted by Crippen LogP contribution is -2.31. The number of benzene rings is 2. The van der Waals surface area contributed by atoms with Crippen LogP contribution >= 0.6 is 0 Å². The van der Waals surface area contributed by atoms with E-state index in [0.717, 1.165) is 11.5 Å². The van der Waals surface area contributed by atoms with E-state index in [1.54, 1.807) is 0 Å². The van der Waals surface area contributed by atoms with E-state index < -0.39 is 12.6 Å². The van der Waals surface area contributed by atoms with Gasteiger partial charge in [-0.1, -0.05) is 36.4 Å². The quantitative estimate of drug-likeness (QED) is 0.546. The molecule has 2 rings (SSSR count). The fourth-order valence-electron chi connectivity index (χ4n) is 2.17. The Morgan fingerprint density at radius 1 is 0.640 bits per heavy atom. The third-order valence-corrected chi connectivity index (χ3v) is 3.23. The van der Waals surface area contributed by atoms with Gasteiger partial charge in [-0.3, -0.25) is 0 Å². The highest BCUT2D eigenvalue weighted by molar-refractivity contribution is 5.21. The molecule has 0 aromatic heterocycles. The molecular formula is C20H26O5. The summed E-state index contributed by atoms with van der Waals surface area (Å²) >= 11 is 0. The first-order valence-electron chi connectivity index (χ1n) is 8.56. The van der Waals surface area contributed by atoms with Gasteiger partial charge in [0.1, 0.15) is 24.7 Å². The number of rotatable bonds is 12. The molecule has 0 saturated carbocycles. The highest BCUT2D eigenvalue weighted by atomic mass is 16.7. The van der Waals surface area contributed by atoms with Crippen LogP contribution in [0.25, 0.3) is 0 Å². The second-order valence-corrected chi connectivity index (χ2v) is 5.17. The first-order valence-corrected chi connectivity index (χ1v) is 8.56. The summed E-state index contributed by atoms with van der Waals surface area (Å²) in [5.74, 6) is 1.48. The SMILES string of the molecule is CCOC(COCC(OCC)Oc1ccccc1)Oc1ccccc1. The average molecular weight is 346 g/mol. The fourth-order valence-corrected chi connectivity index (χ4v) is 2.17. The van der Waals surface area contributed by atoms with Crippen LogP contribution in [-0.2, 0) is 14.2 Å². The summed E-state index contributed by atoms with van der Waals surface area (Å²) in [6.45, 7) is 5.48. The molecule has 0 heterocycles. The molecule has 0 aliphatic rings. The Bertz CT molecular complexity index is 509. The zero-order valence-electron chi connectivity index (χ0n) is 14.8. The molecular weight excluding hydrogens is 320 g/mol. The van der Waals surface area contributed by atoms with Crippen LogP contribution in [0.15, 0.2) is 60.7 Å². The van der Waals surface area contributed by atoms with Gasteiger partial charge in [0.25, 0.3) is 0 Å². The Morgan fingerprint density at radius 3 is 1.40 bits per heavy atom. The molecule has 0 radical (unpaired) electrons. The summed E-state index contributed by atoms with van der Waals surface area (Å²) in [5, 5.41) is 0. The van der Waals surface area contributed by atoms with Crippen LogP contribution in [-0.4, -0.2) is 39.0 Å². The molecule has 2 aromatic carbocycles. The summed E-state index contributed by atoms with van der Waals surface area (Å²) in [6.07, 6.45) is -0.960. The van der Waals surface area contributed by atoms with Crippen LogP contribution in [0, 0.1) is 0 Å². The summed E-state index contributed by atoms with van der Waals surface area (Å²) in [7, 11) is 0. The van der Waals surface area contributed by atoms with Crippen molar-refractivity contribution >= 4 is 0 Å². The van der Waals surface area contributed by atoms with Gasteiger partial charge in [0.2, 0.25) is 12.6 Å². The largest absolute Gasteiger partial charge is 0.462 e. The number of ether oxygens (including phenoxy) is 5. The van der Waals surface area contributed by atoms with Gasteiger partial charge in [0.05, 0.1) is 0 Å². The molecule has 5 nitrogen and oxygen atoms in total. The minimum atomic E-state index is -0.480. The molecule has 25 heavy (non-hydrogen) atoms. The molecule has 0 aliphatic heterocycles. The molecule has 2 atom stereocenters. The third kappa shape index (κ3) is 7.56. The Kier molecular flexibility index (Phi) is 8.83. The van der Waals surface area contributed by atoms with Crippen molar-refractivity contribution in [2.75, 3.05) is 26.4 Å². The van der Waals surface area contributed by atoms with E-state index in [9.17, 15) is 0 Å². The van der Waals surface area contributed by atoms with Crippen molar-refractivity contribution in [1.82, 2.24) is 0 Å². The molecule has 0 amide bonds. The zero-order valence-corrected chi connectivity index (χ0v) is 14.8. The van der Waals surface area contributed by atoms with Crippen molar-refractivity contribution in [2.24, 2.45) is 0 Å². The van der Waals surface area contributed by atoms with Crippen molar-refractivity contribution in [3.05, 3.63) is 60.7 Å². The average Bonchev–Trinajstić information content (AvgIpc) is 2.64. The predicted molar refractivity (Wildman–Crippen MR) is 95.8 cm³/mol. The molecule has 0 aliphatic carbocycles. The van der Waals surface area contributed by atoms with Crippen molar-refractivity contribution in [1.29, 1.82) is 0 Å². The van der Waals surface area contributed by atoms with E-state index in [0.29, 0.717) is 13.2 Å². The van der Waals surface area contributed by atoms with E-state index in [1.165, 1.54) is 0 Å². The van der Waals surface area contributed by atoms with Gasteiger partial charge in [-0.2, -0.15) is 0 Å². The maximum atomic E-state index is 5.79. The van der Waals surface area contributed by atoms with Gasteiger partial charge in [-0.05, 0) is 38.1 Å². The lowest BCUT2D eigenvalue weighted by atomic mass is 10.3. The van der Waals surface area contributed by atoms with Gasteiger partial charge in [0, 0.05) is 13.2 Å². The van der Waals surface area contributed by atoms with Gasteiger partial charge in [-0.15, -0.1) is 0 Å². The molecule has 0 saturated heterocycles. The Labute approximate surface area is 149 Å². The third-order valence-electron chi connectivity index (χ3n) is 3.23. The molecule has 0 fully saturated rings. The van der Waals surface area contributed by atoms with Crippen molar-refractivity contribution < 1.29 is 23.7 Å². The Balaban J connectivity index is 1.81. The van der Waals surface area contributed by atoms with Gasteiger partial charge in [0.15, 0.2) is 0 Å². The molecule has 0 bridgehead atoms.